The molecular formula is C22H20FN5O2. The molecule has 0 amide bonds. The number of aliphatic hydroxyl groups is 1. The van der Waals surface area contributed by atoms with Gasteiger partial charge < -0.3 is 10.0 Å². The Bertz CT molecular complexity index is 1310. The third kappa shape index (κ3) is 3.00. The van der Waals surface area contributed by atoms with Crippen LogP contribution in [0.5, 0.6) is 0 Å². The second-order valence-electron chi connectivity index (χ2n) is 7.38. The molecule has 1 unspecified atom stereocenters. The van der Waals surface area contributed by atoms with E-state index in [4.69, 9.17) is 4.98 Å². The number of hydrogen-bond donors (Lipinski definition) is 1. The van der Waals surface area contributed by atoms with Crippen LogP contribution in [0.3, 0.4) is 0 Å². The number of fused-ring (bicyclic) bond motifs is 2. The van der Waals surface area contributed by atoms with Crippen molar-refractivity contribution in [2.45, 2.75) is 25.4 Å². The number of hydrogen-bond acceptors (Lipinski definition) is 6. The molecule has 2 aromatic heterocycles. The number of aromatic nitrogens is 4. The van der Waals surface area contributed by atoms with Gasteiger partial charge >= 0.3 is 0 Å². The molecule has 1 aliphatic heterocycles. The molecule has 7 nitrogen and oxygen atoms in total. The minimum absolute atomic E-state index is 0.162. The third-order valence-corrected chi connectivity index (χ3v) is 5.61. The van der Waals surface area contributed by atoms with E-state index in [1.807, 2.05) is 12.1 Å². The maximum absolute atomic E-state index is 14.0. The van der Waals surface area contributed by atoms with Gasteiger partial charge in [0.05, 0.1) is 35.6 Å². The highest BCUT2D eigenvalue weighted by molar-refractivity contribution is 5.89. The number of nitrogens with zero attached hydrogens (tertiary/aromatic N) is 5. The molecule has 8 heteroatoms. The minimum atomic E-state index is -0.352. The largest absolute Gasteiger partial charge is 0.395 e. The second kappa shape index (κ2) is 7.46. The fourth-order valence-corrected chi connectivity index (χ4v) is 4.29. The first-order valence-corrected chi connectivity index (χ1v) is 9.94. The SMILES string of the molecule is O=c1c2ccccc2nc(C2CCCN2c2ncnc3ccc(F)cc23)n1CCO. The zero-order valence-electron chi connectivity index (χ0n) is 16.2. The summed E-state index contributed by atoms with van der Waals surface area (Å²) in [6.45, 7) is 0.700. The monoisotopic (exact) mass is 405 g/mol. The van der Waals surface area contributed by atoms with Crippen molar-refractivity contribution < 1.29 is 9.50 Å². The van der Waals surface area contributed by atoms with Gasteiger partial charge in [0.2, 0.25) is 0 Å². The minimum Gasteiger partial charge on any atom is -0.395 e. The maximum Gasteiger partial charge on any atom is 0.261 e. The van der Waals surface area contributed by atoms with Crippen LogP contribution < -0.4 is 10.5 Å². The Hall–Kier alpha value is -3.39. The number of aliphatic hydroxyl groups excluding tert-OH is 1. The molecule has 1 atom stereocenters. The van der Waals surface area contributed by atoms with E-state index in [1.54, 1.807) is 22.8 Å². The Balaban J connectivity index is 1.70. The van der Waals surface area contributed by atoms with E-state index in [1.165, 1.54) is 18.5 Å². The Kier molecular flexibility index (Phi) is 4.63. The topological polar surface area (TPSA) is 84.1 Å². The zero-order valence-corrected chi connectivity index (χ0v) is 16.2. The van der Waals surface area contributed by atoms with E-state index in [2.05, 4.69) is 14.9 Å². The van der Waals surface area contributed by atoms with Crippen LogP contribution in [0.1, 0.15) is 24.7 Å². The first kappa shape index (κ1) is 18.6. The molecule has 0 spiro atoms. The fraction of sp³-hybridized carbons (Fsp3) is 0.273. The molecule has 1 saturated heterocycles. The van der Waals surface area contributed by atoms with E-state index in [9.17, 15) is 14.3 Å². The average Bonchev–Trinajstić information content (AvgIpc) is 3.24. The van der Waals surface area contributed by atoms with E-state index < -0.39 is 0 Å². The molecule has 1 aliphatic rings. The van der Waals surface area contributed by atoms with Crippen molar-refractivity contribution in [2.75, 3.05) is 18.1 Å². The average molecular weight is 405 g/mol. The summed E-state index contributed by atoms with van der Waals surface area (Å²) in [5.41, 5.74) is 1.11. The quantitative estimate of drug-likeness (QED) is 0.562. The molecule has 2 aromatic carbocycles. The van der Waals surface area contributed by atoms with Crippen LogP contribution in [0.2, 0.25) is 0 Å². The predicted molar refractivity (Wildman–Crippen MR) is 112 cm³/mol. The molecular weight excluding hydrogens is 385 g/mol. The van der Waals surface area contributed by atoms with Gasteiger partial charge in [-0.2, -0.15) is 0 Å². The summed E-state index contributed by atoms with van der Waals surface area (Å²) in [6, 6.07) is 11.5. The van der Waals surface area contributed by atoms with E-state index in [0.717, 1.165) is 12.8 Å². The Morgan fingerprint density at radius 2 is 1.97 bits per heavy atom. The lowest BCUT2D eigenvalue weighted by Crippen LogP contribution is -2.33. The molecule has 0 radical (unpaired) electrons. The van der Waals surface area contributed by atoms with Gasteiger partial charge in [-0.1, -0.05) is 12.1 Å². The van der Waals surface area contributed by atoms with Crippen molar-refractivity contribution in [1.29, 1.82) is 0 Å². The van der Waals surface area contributed by atoms with Gasteiger partial charge in [-0.05, 0) is 43.2 Å². The van der Waals surface area contributed by atoms with Crippen molar-refractivity contribution in [1.82, 2.24) is 19.5 Å². The molecule has 1 fully saturated rings. The van der Waals surface area contributed by atoms with Crippen LogP contribution in [0.4, 0.5) is 10.2 Å². The lowest BCUT2D eigenvalue weighted by molar-refractivity contribution is 0.270. The van der Waals surface area contributed by atoms with Crippen LogP contribution in [0.15, 0.2) is 53.6 Å². The van der Waals surface area contributed by atoms with Gasteiger partial charge in [-0.15, -0.1) is 0 Å². The van der Waals surface area contributed by atoms with E-state index in [-0.39, 0.29) is 30.6 Å². The highest BCUT2D eigenvalue weighted by Crippen LogP contribution is 2.37. The highest BCUT2D eigenvalue weighted by Gasteiger charge is 2.32. The second-order valence-corrected chi connectivity index (χ2v) is 7.38. The lowest BCUT2D eigenvalue weighted by Gasteiger charge is -2.28. The first-order valence-electron chi connectivity index (χ1n) is 9.94. The number of benzene rings is 2. The van der Waals surface area contributed by atoms with Gasteiger partial charge in [0.25, 0.3) is 5.56 Å². The lowest BCUT2D eigenvalue weighted by atomic mass is 10.1. The van der Waals surface area contributed by atoms with E-state index in [0.29, 0.717) is 40.0 Å². The van der Waals surface area contributed by atoms with Gasteiger partial charge in [0.15, 0.2) is 0 Å². The predicted octanol–water partition coefficient (Wildman–Crippen LogP) is 2.81. The van der Waals surface area contributed by atoms with Crippen molar-refractivity contribution >= 4 is 27.6 Å². The van der Waals surface area contributed by atoms with Crippen LogP contribution >= 0.6 is 0 Å². The van der Waals surface area contributed by atoms with Gasteiger partial charge in [-0.3, -0.25) is 9.36 Å². The molecule has 3 heterocycles. The van der Waals surface area contributed by atoms with E-state index >= 15 is 0 Å². The fourth-order valence-electron chi connectivity index (χ4n) is 4.29. The smallest absolute Gasteiger partial charge is 0.261 e. The number of anilines is 1. The summed E-state index contributed by atoms with van der Waals surface area (Å²) in [4.78, 5) is 28.7. The van der Waals surface area contributed by atoms with Crippen LogP contribution in [-0.2, 0) is 6.54 Å². The number of halogens is 1. The normalized spacial score (nSPS) is 16.6. The summed E-state index contributed by atoms with van der Waals surface area (Å²) in [6.07, 6.45) is 3.13. The Morgan fingerprint density at radius 3 is 2.83 bits per heavy atom. The molecule has 4 aromatic rings. The summed E-state index contributed by atoms with van der Waals surface area (Å²) in [5, 5.41) is 10.7. The number of rotatable bonds is 4. The van der Waals surface area contributed by atoms with Crippen molar-refractivity contribution in [3.63, 3.8) is 0 Å². The third-order valence-electron chi connectivity index (χ3n) is 5.61. The standard InChI is InChI=1S/C22H20FN5O2/c23-14-7-8-17-16(12-14)20(25-13-24-17)27-9-3-6-19(27)21-26-18-5-2-1-4-15(18)22(30)28(21)10-11-29/h1-2,4-5,7-8,12-13,19,29H,3,6,9-11H2. The molecule has 30 heavy (non-hydrogen) atoms. The van der Waals surface area contributed by atoms with Crippen molar-refractivity contribution in [3.05, 3.63) is 70.8 Å². The molecule has 5 rings (SSSR count). The van der Waals surface area contributed by atoms with Crippen LogP contribution in [0, 0.1) is 5.82 Å². The Morgan fingerprint density at radius 1 is 1.10 bits per heavy atom. The summed E-state index contributed by atoms with van der Waals surface area (Å²) < 4.78 is 15.5. The number of para-hydroxylation sites is 1. The maximum atomic E-state index is 14.0. The zero-order chi connectivity index (χ0) is 20.7. The van der Waals surface area contributed by atoms with Crippen molar-refractivity contribution in [2.24, 2.45) is 0 Å². The Labute approximate surface area is 171 Å². The summed E-state index contributed by atoms with van der Waals surface area (Å²) >= 11 is 0. The molecule has 0 bridgehead atoms. The first-order chi connectivity index (χ1) is 14.7. The summed E-state index contributed by atoms with van der Waals surface area (Å²) in [5.74, 6) is 0.865. The van der Waals surface area contributed by atoms with Gasteiger partial charge in [0.1, 0.15) is 23.8 Å². The van der Waals surface area contributed by atoms with Crippen LogP contribution in [0.25, 0.3) is 21.8 Å². The van der Waals surface area contributed by atoms with Gasteiger partial charge in [0, 0.05) is 11.9 Å². The molecule has 152 valence electrons. The molecule has 0 aliphatic carbocycles. The molecule has 1 N–H and O–H groups in total. The molecule has 0 saturated carbocycles. The van der Waals surface area contributed by atoms with Crippen LogP contribution in [-0.4, -0.2) is 37.8 Å². The highest BCUT2D eigenvalue weighted by atomic mass is 19.1. The summed E-state index contributed by atoms with van der Waals surface area (Å²) in [7, 11) is 0. The van der Waals surface area contributed by atoms with Crippen molar-refractivity contribution in [3.8, 4) is 0 Å². The van der Waals surface area contributed by atoms with Gasteiger partial charge in [-0.25, -0.2) is 19.3 Å².